The number of para-hydroxylation sites is 1. The van der Waals surface area contributed by atoms with E-state index in [0.717, 1.165) is 0 Å². The molecule has 0 aliphatic carbocycles. The summed E-state index contributed by atoms with van der Waals surface area (Å²) in [5.74, 6) is -0.714. The van der Waals surface area contributed by atoms with Gasteiger partial charge < -0.3 is 5.32 Å². The topological polar surface area (TPSA) is 29.1 Å². The van der Waals surface area contributed by atoms with Gasteiger partial charge in [-0.2, -0.15) is 13.2 Å². The molecule has 0 saturated carbocycles. The van der Waals surface area contributed by atoms with E-state index in [9.17, 15) is 18.0 Å². The van der Waals surface area contributed by atoms with Crippen LogP contribution in [0.25, 0.3) is 5.57 Å². The summed E-state index contributed by atoms with van der Waals surface area (Å²) in [5.41, 5.74) is 0.371. The molecule has 15 heavy (non-hydrogen) atoms. The second-order valence-corrected chi connectivity index (χ2v) is 3.10. The van der Waals surface area contributed by atoms with Crippen LogP contribution in [0.2, 0.25) is 0 Å². The Bertz CT molecular complexity index is 448. The standard InChI is InChI=1S/C10H6F3NO/c11-10(12,13)5-7-6-3-1-2-4-8(6)14-9(7)15/h1-5H,(H,14,15). The van der Waals surface area contributed by atoms with E-state index in [-0.39, 0.29) is 11.6 Å². The van der Waals surface area contributed by atoms with Crippen molar-refractivity contribution < 1.29 is 18.0 Å². The predicted molar refractivity (Wildman–Crippen MR) is 49.1 cm³/mol. The fourth-order valence-electron chi connectivity index (χ4n) is 1.45. The Kier molecular flexibility index (Phi) is 2.03. The second kappa shape index (κ2) is 3.12. The van der Waals surface area contributed by atoms with Crippen molar-refractivity contribution in [2.75, 3.05) is 5.32 Å². The zero-order valence-electron chi connectivity index (χ0n) is 7.43. The highest BCUT2D eigenvalue weighted by molar-refractivity contribution is 6.31. The number of hydrogen-bond donors (Lipinski definition) is 1. The minimum Gasteiger partial charge on any atom is -0.321 e. The van der Waals surface area contributed by atoms with Crippen LogP contribution >= 0.6 is 0 Å². The number of fused-ring (bicyclic) bond motifs is 1. The summed E-state index contributed by atoms with van der Waals surface area (Å²) in [6, 6.07) is 6.27. The average Bonchev–Trinajstić information content (AvgIpc) is 2.41. The molecule has 0 bridgehead atoms. The molecular formula is C10H6F3NO. The Balaban J connectivity index is 2.52. The first-order chi connectivity index (χ1) is 6.97. The minimum absolute atomic E-state index is 0.0220. The Morgan fingerprint density at radius 2 is 1.87 bits per heavy atom. The number of carbonyl (C=O) groups is 1. The predicted octanol–water partition coefficient (Wildman–Crippen LogP) is 2.58. The maximum atomic E-state index is 12.1. The first-order valence-corrected chi connectivity index (χ1v) is 4.18. The van der Waals surface area contributed by atoms with Crippen molar-refractivity contribution in [1.82, 2.24) is 0 Å². The number of hydrogen-bond acceptors (Lipinski definition) is 1. The first kappa shape index (κ1) is 9.76. The molecule has 0 radical (unpaired) electrons. The Morgan fingerprint density at radius 1 is 1.20 bits per heavy atom. The summed E-state index contributed by atoms with van der Waals surface area (Å²) in [4.78, 5) is 11.2. The van der Waals surface area contributed by atoms with Gasteiger partial charge in [0.15, 0.2) is 0 Å². The number of rotatable bonds is 0. The molecule has 2 nitrogen and oxygen atoms in total. The van der Waals surface area contributed by atoms with Crippen LogP contribution in [-0.4, -0.2) is 12.1 Å². The molecule has 0 spiro atoms. The Labute approximate surface area is 83.4 Å². The summed E-state index contributed by atoms with van der Waals surface area (Å²) >= 11 is 0. The molecule has 1 N–H and O–H groups in total. The zero-order valence-corrected chi connectivity index (χ0v) is 7.43. The number of amides is 1. The van der Waals surface area contributed by atoms with Crippen LogP contribution in [0.5, 0.6) is 0 Å². The number of halogens is 3. The van der Waals surface area contributed by atoms with E-state index in [0.29, 0.717) is 11.3 Å². The summed E-state index contributed by atoms with van der Waals surface area (Å²) in [6.45, 7) is 0. The van der Waals surface area contributed by atoms with Gasteiger partial charge in [-0.15, -0.1) is 0 Å². The third-order valence-corrected chi connectivity index (χ3v) is 2.02. The molecule has 0 aromatic heterocycles. The Morgan fingerprint density at radius 3 is 2.53 bits per heavy atom. The van der Waals surface area contributed by atoms with Gasteiger partial charge in [-0.25, -0.2) is 0 Å². The number of alkyl halides is 3. The molecule has 1 aliphatic heterocycles. The smallest absolute Gasteiger partial charge is 0.321 e. The van der Waals surface area contributed by atoms with Crippen LogP contribution in [0.1, 0.15) is 5.56 Å². The quantitative estimate of drug-likeness (QED) is 0.659. The molecule has 0 saturated heterocycles. The number of carbonyl (C=O) groups excluding carboxylic acids is 1. The van der Waals surface area contributed by atoms with Gasteiger partial charge in [-0.05, 0) is 6.07 Å². The summed E-state index contributed by atoms with van der Waals surface area (Å²) in [6.07, 6.45) is -4.46. The number of allylic oxidation sites excluding steroid dienone is 1. The number of benzene rings is 1. The molecule has 1 aliphatic rings. The summed E-state index contributed by atoms with van der Waals surface area (Å²) < 4.78 is 36.4. The van der Waals surface area contributed by atoms with E-state index < -0.39 is 12.1 Å². The van der Waals surface area contributed by atoms with Crippen LogP contribution in [0.15, 0.2) is 30.3 Å². The third kappa shape index (κ3) is 1.86. The van der Waals surface area contributed by atoms with Crippen LogP contribution in [-0.2, 0) is 4.79 Å². The number of nitrogens with one attached hydrogen (secondary N) is 1. The second-order valence-electron chi connectivity index (χ2n) is 3.10. The van der Waals surface area contributed by atoms with E-state index in [4.69, 9.17) is 0 Å². The van der Waals surface area contributed by atoms with E-state index in [1.165, 1.54) is 6.07 Å². The molecule has 2 rings (SSSR count). The summed E-state index contributed by atoms with van der Waals surface area (Å²) in [7, 11) is 0. The molecule has 1 amide bonds. The van der Waals surface area contributed by atoms with Crippen molar-refractivity contribution in [2.24, 2.45) is 0 Å². The van der Waals surface area contributed by atoms with Crippen molar-refractivity contribution in [3.05, 3.63) is 35.9 Å². The molecule has 0 unspecified atom stereocenters. The molecule has 0 atom stereocenters. The fourth-order valence-corrected chi connectivity index (χ4v) is 1.45. The molecule has 1 aromatic rings. The van der Waals surface area contributed by atoms with Crippen LogP contribution in [0.3, 0.4) is 0 Å². The highest BCUT2D eigenvalue weighted by Crippen LogP contribution is 2.34. The van der Waals surface area contributed by atoms with Gasteiger partial charge in [0.05, 0.1) is 5.57 Å². The van der Waals surface area contributed by atoms with Gasteiger partial charge in [0.1, 0.15) is 0 Å². The summed E-state index contributed by atoms with van der Waals surface area (Å²) in [5, 5.41) is 2.36. The van der Waals surface area contributed by atoms with Crippen molar-refractivity contribution in [3.63, 3.8) is 0 Å². The van der Waals surface area contributed by atoms with Gasteiger partial charge in [0.2, 0.25) is 0 Å². The van der Waals surface area contributed by atoms with Crippen LogP contribution < -0.4 is 5.32 Å². The van der Waals surface area contributed by atoms with Crippen molar-refractivity contribution >= 4 is 17.2 Å². The molecule has 1 aromatic carbocycles. The maximum Gasteiger partial charge on any atom is 0.410 e. The lowest BCUT2D eigenvalue weighted by atomic mass is 10.1. The number of anilines is 1. The fraction of sp³-hybridized carbons (Fsp3) is 0.100. The lowest BCUT2D eigenvalue weighted by Crippen LogP contribution is -2.09. The Hall–Kier alpha value is -1.78. The molecule has 0 fully saturated rings. The maximum absolute atomic E-state index is 12.1. The van der Waals surface area contributed by atoms with Crippen molar-refractivity contribution in [2.45, 2.75) is 6.18 Å². The van der Waals surface area contributed by atoms with E-state index >= 15 is 0 Å². The van der Waals surface area contributed by atoms with Gasteiger partial charge in [0.25, 0.3) is 5.91 Å². The lowest BCUT2D eigenvalue weighted by Gasteiger charge is -2.00. The van der Waals surface area contributed by atoms with E-state index in [1.807, 2.05) is 0 Å². The molecule has 5 heteroatoms. The zero-order chi connectivity index (χ0) is 11.1. The highest BCUT2D eigenvalue weighted by atomic mass is 19.4. The molecular weight excluding hydrogens is 207 g/mol. The average molecular weight is 213 g/mol. The molecule has 1 heterocycles. The third-order valence-electron chi connectivity index (χ3n) is 2.02. The SMILES string of the molecule is O=C1Nc2ccccc2C1=CC(F)(F)F. The largest absolute Gasteiger partial charge is 0.410 e. The van der Waals surface area contributed by atoms with Crippen LogP contribution in [0.4, 0.5) is 18.9 Å². The first-order valence-electron chi connectivity index (χ1n) is 4.18. The lowest BCUT2D eigenvalue weighted by molar-refractivity contribution is -0.111. The van der Waals surface area contributed by atoms with Crippen LogP contribution in [0, 0.1) is 0 Å². The van der Waals surface area contributed by atoms with E-state index in [2.05, 4.69) is 5.32 Å². The van der Waals surface area contributed by atoms with Crippen molar-refractivity contribution in [3.8, 4) is 0 Å². The van der Waals surface area contributed by atoms with E-state index in [1.54, 1.807) is 18.2 Å². The van der Waals surface area contributed by atoms with Gasteiger partial charge >= 0.3 is 6.18 Å². The van der Waals surface area contributed by atoms with Gasteiger partial charge in [0, 0.05) is 17.3 Å². The van der Waals surface area contributed by atoms with Gasteiger partial charge in [-0.1, -0.05) is 18.2 Å². The van der Waals surface area contributed by atoms with Crippen molar-refractivity contribution in [1.29, 1.82) is 0 Å². The minimum atomic E-state index is -4.48. The molecule has 78 valence electrons. The highest BCUT2D eigenvalue weighted by Gasteiger charge is 2.31. The monoisotopic (exact) mass is 213 g/mol. The normalized spacial score (nSPS) is 17.8. The van der Waals surface area contributed by atoms with Gasteiger partial charge in [-0.3, -0.25) is 4.79 Å².